The van der Waals surface area contributed by atoms with Crippen molar-refractivity contribution >= 4 is 21.3 Å². The molecule has 0 heterocycles. The van der Waals surface area contributed by atoms with E-state index >= 15 is 0 Å². The summed E-state index contributed by atoms with van der Waals surface area (Å²) >= 11 is 0. The molecule has 0 fully saturated rings. The molecule has 0 N–H and O–H groups in total. The van der Waals surface area contributed by atoms with Gasteiger partial charge in [0.15, 0.2) is 9.03 Å². The minimum Gasteiger partial charge on any atom is -0.434 e. The van der Waals surface area contributed by atoms with Crippen molar-refractivity contribution in [2.45, 2.75) is 27.7 Å². The fraction of sp³-hybridized carbons (Fsp3) is 0.833. The summed E-state index contributed by atoms with van der Waals surface area (Å²) in [6.07, 6.45) is -1.61. The van der Waals surface area contributed by atoms with Crippen LogP contribution in [0.15, 0.2) is 0 Å². The molecule has 0 unspecified atom stereocenters. The Morgan fingerprint density at radius 3 is 1.48 bits per heavy atom. The first-order chi connectivity index (χ1) is 9.91. The summed E-state index contributed by atoms with van der Waals surface area (Å²) in [6, 6.07) is 0. The molecule has 0 atom stereocenters. The van der Waals surface area contributed by atoms with Gasteiger partial charge < -0.3 is 18.9 Å². The quantitative estimate of drug-likeness (QED) is 0.262. The van der Waals surface area contributed by atoms with Crippen molar-refractivity contribution in [2.24, 2.45) is 11.8 Å². The zero-order chi connectivity index (χ0) is 16.1. The zero-order valence-electron chi connectivity index (χ0n) is 12.7. The second-order valence-corrected chi connectivity index (χ2v) is 5.55. The molecule has 124 valence electrons. The van der Waals surface area contributed by atoms with Gasteiger partial charge in [0.2, 0.25) is 13.6 Å². The van der Waals surface area contributed by atoms with Gasteiger partial charge >= 0.3 is 12.3 Å². The number of carbonyl (C=O) groups excluding carboxylic acids is 2. The third kappa shape index (κ3) is 15.1. The minimum atomic E-state index is -0.804. The monoisotopic (exact) mass is 326 g/mol. The number of carbonyl (C=O) groups is 2. The Kier molecular flexibility index (Phi) is 12.0. The Hall–Kier alpha value is -1.11. The van der Waals surface area contributed by atoms with E-state index in [9.17, 15) is 9.59 Å². The van der Waals surface area contributed by atoms with Gasteiger partial charge in [-0.2, -0.15) is 0 Å². The van der Waals surface area contributed by atoms with Crippen LogP contribution in [0.1, 0.15) is 27.7 Å². The molecule has 0 saturated carbocycles. The van der Waals surface area contributed by atoms with E-state index in [0.717, 1.165) is 0 Å². The van der Waals surface area contributed by atoms with E-state index in [1.54, 1.807) is 0 Å². The first-order valence-corrected chi connectivity index (χ1v) is 7.31. The lowest BCUT2D eigenvalue weighted by molar-refractivity contribution is -0.0133. The molecule has 0 aliphatic rings. The number of hydrogen-bond acceptors (Lipinski definition) is 8. The van der Waals surface area contributed by atoms with Gasteiger partial charge in [0.1, 0.15) is 0 Å². The predicted octanol–water partition coefficient (Wildman–Crippen LogP) is 3.06. The van der Waals surface area contributed by atoms with E-state index in [0.29, 0.717) is 0 Å². The van der Waals surface area contributed by atoms with E-state index < -0.39 is 21.3 Å². The van der Waals surface area contributed by atoms with Crippen molar-refractivity contribution in [1.82, 2.24) is 0 Å². The van der Waals surface area contributed by atoms with E-state index in [1.165, 1.54) is 0 Å². The van der Waals surface area contributed by atoms with Gasteiger partial charge in [-0.15, -0.1) is 0 Å². The lowest BCUT2D eigenvalue weighted by atomic mass is 10.2. The van der Waals surface area contributed by atoms with Crippen molar-refractivity contribution in [1.29, 1.82) is 0 Å². The normalized spacial score (nSPS) is 10.6. The van der Waals surface area contributed by atoms with Crippen LogP contribution in [-0.4, -0.2) is 39.1 Å². The van der Waals surface area contributed by atoms with Gasteiger partial charge in [0.05, 0.1) is 13.2 Å². The van der Waals surface area contributed by atoms with E-state index in [1.807, 2.05) is 27.7 Å². The molecule has 0 aromatic carbocycles. The van der Waals surface area contributed by atoms with E-state index in [2.05, 4.69) is 9.47 Å². The Morgan fingerprint density at radius 1 is 0.762 bits per heavy atom. The fourth-order valence-electron chi connectivity index (χ4n) is 0.798. The van der Waals surface area contributed by atoms with Gasteiger partial charge in [-0.05, 0) is 11.8 Å². The van der Waals surface area contributed by atoms with Gasteiger partial charge in [-0.1, -0.05) is 27.7 Å². The topological polar surface area (TPSA) is 89.5 Å². The van der Waals surface area contributed by atoms with Crippen LogP contribution in [0.3, 0.4) is 0 Å². The van der Waals surface area contributed by atoms with Gasteiger partial charge in [-0.3, -0.25) is 9.05 Å². The lowest BCUT2D eigenvalue weighted by Gasteiger charge is -2.09. The molecule has 21 heavy (non-hydrogen) atoms. The molecule has 0 rings (SSSR count). The van der Waals surface area contributed by atoms with Crippen molar-refractivity contribution in [3.05, 3.63) is 0 Å². The molecule has 9 heteroatoms. The Bertz CT molecular complexity index is 267. The zero-order valence-corrected chi connectivity index (χ0v) is 13.7. The molecule has 0 amide bonds. The summed E-state index contributed by atoms with van der Waals surface area (Å²) < 4.78 is 28.4. The van der Waals surface area contributed by atoms with Crippen LogP contribution in [0.2, 0.25) is 0 Å². The third-order valence-corrected chi connectivity index (χ3v) is 2.13. The summed E-state index contributed by atoms with van der Waals surface area (Å²) in [5.41, 5.74) is 0. The molecular formula is C12H23O8P. The SMILES string of the molecule is CC(C)COC(=O)OCOPOCOC(=O)OCC(C)C. The Morgan fingerprint density at radius 2 is 1.14 bits per heavy atom. The van der Waals surface area contributed by atoms with E-state index in [4.69, 9.17) is 18.5 Å². The molecule has 0 aromatic rings. The molecule has 0 spiro atoms. The van der Waals surface area contributed by atoms with Gasteiger partial charge in [-0.25, -0.2) is 9.59 Å². The maximum absolute atomic E-state index is 11.0. The van der Waals surface area contributed by atoms with Crippen LogP contribution in [0.5, 0.6) is 0 Å². The first-order valence-electron chi connectivity index (χ1n) is 6.49. The first kappa shape index (κ1) is 19.9. The average Bonchev–Trinajstić information content (AvgIpc) is 2.41. The van der Waals surface area contributed by atoms with Crippen molar-refractivity contribution in [3.63, 3.8) is 0 Å². The smallest absolute Gasteiger partial charge is 0.434 e. The standard InChI is InChI=1S/C12H23O8P/c1-9(2)5-15-11(13)17-7-19-21-20-8-18-12(14)16-6-10(3)4/h9-10,21H,5-8H2,1-4H3. The van der Waals surface area contributed by atoms with Crippen molar-refractivity contribution in [2.75, 3.05) is 26.8 Å². The lowest BCUT2D eigenvalue weighted by Crippen LogP contribution is -2.13. The largest absolute Gasteiger partial charge is 0.510 e. The summed E-state index contributed by atoms with van der Waals surface area (Å²) in [4.78, 5) is 22.0. The van der Waals surface area contributed by atoms with Crippen LogP contribution in [0.25, 0.3) is 0 Å². The van der Waals surface area contributed by atoms with Crippen LogP contribution in [-0.2, 0) is 28.0 Å². The van der Waals surface area contributed by atoms with Gasteiger partial charge in [0.25, 0.3) is 0 Å². The molecule has 0 aliphatic carbocycles. The highest BCUT2D eigenvalue weighted by atomic mass is 31.1. The fourth-order valence-corrected chi connectivity index (χ4v) is 1.10. The highest BCUT2D eigenvalue weighted by molar-refractivity contribution is 7.26. The number of rotatable bonds is 10. The molecule has 0 bridgehead atoms. The Balaban J connectivity index is 3.32. The predicted molar refractivity (Wildman–Crippen MR) is 74.8 cm³/mol. The molecule has 8 nitrogen and oxygen atoms in total. The minimum absolute atomic E-state index is 0.233. The summed E-state index contributed by atoms with van der Waals surface area (Å²) in [5.74, 6) is 0.465. The number of ether oxygens (including phenoxy) is 4. The maximum Gasteiger partial charge on any atom is 0.510 e. The number of hydrogen-bond donors (Lipinski definition) is 0. The van der Waals surface area contributed by atoms with E-state index in [-0.39, 0.29) is 38.6 Å². The Labute approximate surface area is 126 Å². The average molecular weight is 326 g/mol. The van der Waals surface area contributed by atoms with Crippen LogP contribution >= 0.6 is 9.03 Å². The van der Waals surface area contributed by atoms with Crippen molar-refractivity contribution < 1.29 is 37.6 Å². The second-order valence-electron chi connectivity index (χ2n) is 4.81. The highest BCUT2D eigenvalue weighted by Crippen LogP contribution is 2.13. The second kappa shape index (κ2) is 12.6. The summed E-state index contributed by atoms with van der Waals surface area (Å²) in [7, 11) is -0.439. The van der Waals surface area contributed by atoms with Crippen molar-refractivity contribution in [3.8, 4) is 0 Å². The summed E-state index contributed by atoms with van der Waals surface area (Å²) in [5, 5.41) is 0. The van der Waals surface area contributed by atoms with Crippen LogP contribution < -0.4 is 0 Å². The highest BCUT2D eigenvalue weighted by Gasteiger charge is 2.06. The van der Waals surface area contributed by atoms with Crippen LogP contribution in [0.4, 0.5) is 9.59 Å². The molecule has 0 saturated heterocycles. The molecular weight excluding hydrogens is 303 g/mol. The molecule has 0 aromatic heterocycles. The third-order valence-electron chi connectivity index (χ3n) is 1.66. The maximum atomic E-state index is 11.0. The van der Waals surface area contributed by atoms with Crippen LogP contribution in [0, 0.1) is 11.8 Å². The molecule has 0 radical (unpaired) electrons. The van der Waals surface area contributed by atoms with Gasteiger partial charge in [0, 0.05) is 0 Å². The summed E-state index contributed by atoms with van der Waals surface area (Å²) in [6.45, 7) is 7.60. The molecule has 0 aliphatic heterocycles.